The molecule has 0 aromatic heterocycles. The first-order valence-corrected chi connectivity index (χ1v) is 2.99. The number of nitrogens with two attached hydrogens (primary N) is 2. The van der Waals surface area contributed by atoms with Crippen LogP contribution in [0.5, 0.6) is 0 Å². The van der Waals surface area contributed by atoms with Gasteiger partial charge in [0, 0.05) is 11.4 Å². The van der Waals surface area contributed by atoms with E-state index in [-0.39, 0.29) is 0 Å². The normalized spacial score (nSPS) is 9.44. The molecule has 1 aromatic carbocycles. The highest BCUT2D eigenvalue weighted by molar-refractivity contribution is 7.80. The van der Waals surface area contributed by atoms with Crippen molar-refractivity contribution in [2.75, 3.05) is 11.5 Å². The number of benzene rings is 1. The molecule has 1 aromatic rings. The Morgan fingerprint density at radius 2 is 1.56 bits per heavy atom. The zero-order valence-corrected chi connectivity index (χ0v) is 5.73. The summed E-state index contributed by atoms with van der Waals surface area (Å²) in [7, 11) is 0. The van der Waals surface area contributed by atoms with Crippen molar-refractivity contribution in [3.05, 3.63) is 18.2 Å². The van der Waals surface area contributed by atoms with Gasteiger partial charge < -0.3 is 11.5 Å². The van der Waals surface area contributed by atoms with Crippen molar-refractivity contribution in [1.29, 1.82) is 0 Å². The fourth-order valence-corrected chi connectivity index (χ4v) is 0.729. The molecule has 48 valence electrons. The van der Waals surface area contributed by atoms with Crippen LogP contribution in [0.25, 0.3) is 0 Å². The molecule has 1 rings (SSSR count). The largest absolute Gasteiger partial charge is 0.398 e. The Kier molecular flexibility index (Phi) is 1.53. The van der Waals surface area contributed by atoms with Gasteiger partial charge in [-0.15, -0.1) is 12.6 Å². The number of nitrogen functional groups attached to an aromatic ring is 2. The van der Waals surface area contributed by atoms with Gasteiger partial charge in [0.25, 0.3) is 0 Å². The van der Waals surface area contributed by atoms with Crippen LogP contribution in [-0.2, 0) is 0 Å². The maximum Gasteiger partial charge on any atom is 0.0501 e. The number of thiol groups is 1. The van der Waals surface area contributed by atoms with Crippen molar-refractivity contribution in [2.24, 2.45) is 0 Å². The van der Waals surface area contributed by atoms with Crippen molar-refractivity contribution in [1.82, 2.24) is 0 Å². The summed E-state index contributed by atoms with van der Waals surface area (Å²) >= 11 is 4.06. The van der Waals surface area contributed by atoms with E-state index in [9.17, 15) is 0 Å². The molecule has 9 heavy (non-hydrogen) atoms. The minimum Gasteiger partial charge on any atom is -0.398 e. The molecule has 3 heteroatoms. The van der Waals surface area contributed by atoms with E-state index in [1.54, 1.807) is 18.2 Å². The predicted octanol–water partition coefficient (Wildman–Crippen LogP) is 1.14. The molecule has 0 amide bonds. The van der Waals surface area contributed by atoms with E-state index in [0.717, 1.165) is 0 Å². The van der Waals surface area contributed by atoms with E-state index in [1.165, 1.54) is 0 Å². The monoisotopic (exact) mass is 140 g/mol. The molecule has 0 fully saturated rings. The van der Waals surface area contributed by atoms with Gasteiger partial charge in [-0.25, -0.2) is 0 Å². The second-order valence-electron chi connectivity index (χ2n) is 1.79. The third-order valence-corrected chi connectivity index (χ3v) is 1.61. The molecule has 0 aliphatic carbocycles. The quantitative estimate of drug-likeness (QED) is 0.374. The lowest BCUT2D eigenvalue weighted by molar-refractivity contribution is 1.47. The maximum atomic E-state index is 5.46. The number of rotatable bonds is 0. The molecule has 0 bridgehead atoms. The zero-order valence-electron chi connectivity index (χ0n) is 4.83. The molecule has 0 spiro atoms. The van der Waals surface area contributed by atoms with E-state index in [2.05, 4.69) is 12.6 Å². The highest BCUT2D eigenvalue weighted by atomic mass is 32.1. The standard InChI is InChI=1S/C6H8N2S/c7-4-2-1-3-5(8)6(4)9/h1-3,9H,7-8H2. The van der Waals surface area contributed by atoms with Gasteiger partial charge in [0.15, 0.2) is 0 Å². The SMILES string of the molecule is Nc1cccc(N)c1S. The molecule has 0 aliphatic rings. The second-order valence-corrected chi connectivity index (χ2v) is 2.23. The lowest BCUT2D eigenvalue weighted by atomic mass is 10.3. The first-order chi connectivity index (χ1) is 4.22. The Bertz CT molecular complexity index is 202. The molecule has 2 nitrogen and oxygen atoms in total. The third kappa shape index (κ3) is 1.10. The van der Waals surface area contributed by atoms with Gasteiger partial charge in [-0.1, -0.05) is 6.07 Å². The van der Waals surface area contributed by atoms with Crippen LogP contribution < -0.4 is 11.5 Å². The average Bonchev–Trinajstić information content (AvgIpc) is 1.83. The minimum atomic E-state index is 0.623. The highest BCUT2D eigenvalue weighted by Crippen LogP contribution is 2.22. The molecule has 0 saturated heterocycles. The number of anilines is 2. The Hall–Kier alpha value is -0.830. The van der Waals surface area contributed by atoms with Crippen LogP contribution in [0.4, 0.5) is 11.4 Å². The third-order valence-electron chi connectivity index (χ3n) is 1.10. The van der Waals surface area contributed by atoms with Crippen molar-refractivity contribution in [3.63, 3.8) is 0 Å². The Balaban J connectivity index is 3.25. The van der Waals surface area contributed by atoms with E-state index in [4.69, 9.17) is 11.5 Å². The van der Waals surface area contributed by atoms with Crippen LogP contribution >= 0.6 is 12.6 Å². The second kappa shape index (κ2) is 2.19. The molecular weight excluding hydrogens is 132 g/mol. The van der Waals surface area contributed by atoms with Crippen molar-refractivity contribution >= 4 is 24.0 Å². The molecule has 0 heterocycles. The first-order valence-electron chi connectivity index (χ1n) is 2.54. The Morgan fingerprint density at radius 3 is 1.89 bits per heavy atom. The van der Waals surface area contributed by atoms with Gasteiger partial charge in [0.2, 0.25) is 0 Å². The van der Waals surface area contributed by atoms with Crippen LogP contribution in [-0.4, -0.2) is 0 Å². The lowest BCUT2D eigenvalue weighted by Crippen LogP contribution is -1.91. The average molecular weight is 140 g/mol. The van der Waals surface area contributed by atoms with Crippen LogP contribution in [0.1, 0.15) is 0 Å². The first kappa shape index (κ1) is 6.29. The lowest BCUT2D eigenvalue weighted by Gasteiger charge is -1.99. The molecule has 0 radical (unpaired) electrons. The van der Waals surface area contributed by atoms with E-state index in [0.29, 0.717) is 16.3 Å². The smallest absolute Gasteiger partial charge is 0.0501 e. The van der Waals surface area contributed by atoms with Crippen LogP contribution in [0.2, 0.25) is 0 Å². The molecule has 0 saturated carbocycles. The highest BCUT2D eigenvalue weighted by Gasteiger charge is 1.94. The van der Waals surface area contributed by atoms with Gasteiger partial charge in [-0.05, 0) is 12.1 Å². The van der Waals surface area contributed by atoms with Crippen LogP contribution in [0.15, 0.2) is 23.1 Å². The molecule has 0 aliphatic heterocycles. The maximum absolute atomic E-state index is 5.46. The summed E-state index contributed by atoms with van der Waals surface area (Å²) in [6.45, 7) is 0. The number of hydrogen-bond acceptors (Lipinski definition) is 3. The summed E-state index contributed by atoms with van der Waals surface area (Å²) in [6.07, 6.45) is 0. The Labute approximate surface area is 59.3 Å². The van der Waals surface area contributed by atoms with E-state index in [1.807, 2.05) is 0 Å². The fourth-order valence-electron chi connectivity index (χ4n) is 0.580. The summed E-state index contributed by atoms with van der Waals surface area (Å²) in [5.41, 5.74) is 12.2. The summed E-state index contributed by atoms with van der Waals surface area (Å²) in [5, 5.41) is 0. The molecular formula is C6H8N2S. The molecule has 0 atom stereocenters. The van der Waals surface area contributed by atoms with E-state index < -0.39 is 0 Å². The molecule has 0 unspecified atom stereocenters. The summed E-state index contributed by atoms with van der Waals surface area (Å²) in [4.78, 5) is 0.664. The van der Waals surface area contributed by atoms with Crippen molar-refractivity contribution in [2.45, 2.75) is 4.90 Å². The molecule has 4 N–H and O–H groups in total. The van der Waals surface area contributed by atoms with Crippen LogP contribution in [0.3, 0.4) is 0 Å². The van der Waals surface area contributed by atoms with E-state index >= 15 is 0 Å². The zero-order chi connectivity index (χ0) is 6.85. The topological polar surface area (TPSA) is 52.0 Å². The fraction of sp³-hybridized carbons (Fsp3) is 0. The summed E-state index contributed by atoms with van der Waals surface area (Å²) in [5.74, 6) is 0. The predicted molar refractivity (Wildman–Crippen MR) is 42.5 cm³/mol. The van der Waals surface area contributed by atoms with Gasteiger partial charge in [0.05, 0.1) is 4.90 Å². The van der Waals surface area contributed by atoms with Crippen molar-refractivity contribution < 1.29 is 0 Å². The van der Waals surface area contributed by atoms with Crippen molar-refractivity contribution in [3.8, 4) is 0 Å². The van der Waals surface area contributed by atoms with Gasteiger partial charge >= 0.3 is 0 Å². The minimum absolute atomic E-state index is 0.623. The summed E-state index contributed by atoms with van der Waals surface area (Å²) < 4.78 is 0. The van der Waals surface area contributed by atoms with Crippen LogP contribution in [0, 0.1) is 0 Å². The van der Waals surface area contributed by atoms with Gasteiger partial charge in [0.1, 0.15) is 0 Å². The summed E-state index contributed by atoms with van der Waals surface area (Å²) in [6, 6.07) is 5.32. The number of hydrogen-bond donors (Lipinski definition) is 3. The van der Waals surface area contributed by atoms with Gasteiger partial charge in [-0.3, -0.25) is 0 Å². The van der Waals surface area contributed by atoms with Gasteiger partial charge in [-0.2, -0.15) is 0 Å². The Morgan fingerprint density at radius 1 is 1.11 bits per heavy atom.